The van der Waals surface area contributed by atoms with E-state index < -0.39 is 220 Å². The van der Waals surface area contributed by atoms with Crippen molar-refractivity contribution in [3.8, 4) is 0 Å². The first kappa shape index (κ1) is 103. The molecule has 11 amide bonds. The molecule has 0 radical (unpaired) electrons. The topological polar surface area (TPSA) is 432 Å². The molecule has 5 rings (SSSR count). The Labute approximate surface area is 720 Å². The number of amides is 11. The summed E-state index contributed by atoms with van der Waals surface area (Å²) in [5.74, 6) is -16.4. The number of rotatable bonds is 23. The molecule has 1 aliphatic heterocycles. The number of fused-ring (bicyclic) bond motifs is 5. The summed E-state index contributed by atoms with van der Waals surface area (Å²) < 4.78 is 17.5. The van der Waals surface area contributed by atoms with Gasteiger partial charge in [0, 0.05) is 83.6 Å². The lowest BCUT2D eigenvalue weighted by Crippen LogP contribution is -2.71. The van der Waals surface area contributed by atoms with Crippen molar-refractivity contribution >= 4 is 95.1 Å². The monoisotopic (exact) mass is 1720 g/mol. The number of carboxylic acids is 1. The highest BCUT2D eigenvalue weighted by molar-refractivity contribution is 6.02. The third-order valence-electron chi connectivity index (χ3n) is 26.1. The number of nitrogens with zero attached hydrogens (tertiary/aromatic N) is 7. The molecule has 1 heterocycles. The predicted molar refractivity (Wildman–Crippen MR) is 453 cm³/mol. The van der Waals surface area contributed by atoms with Crippen LogP contribution in [0.15, 0.2) is 48.1 Å². The van der Waals surface area contributed by atoms with E-state index in [1.165, 1.54) is 97.8 Å². The molecule has 0 bridgehead atoms. The van der Waals surface area contributed by atoms with Gasteiger partial charge in [0.15, 0.2) is 5.78 Å². The van der Waals surface area contributed by atoms with E-state index >= 15 is 28.8 Å². The minimum absolute atomic E-state index is 0.0283. The van der Waals surface area contributed by atoms with Gasteiger partial charge in [0.2, 0.25) is 65.0 Å². The van der Waals surface area contributed by atoms with Crippen molar-refractivity contribution in [3.05, 3.63) is 48.1 Å². The van der Waals surface area contributed by atoms with Crippen molar-refractivity contribution in [2.75, 3.05) is 55.9 Å². The number of aliphatic carboxylic acids is 1. The molecule has 1 saturated heterocycles. The normalized spacial score (nSPS) is 31.0. The number of esters is 1. The molecule has 0 aromatic heterocycles. The second-order valence-corrected chi connectivity index (χ2v) is 37.5. The van der Waals surface area contributed by atoms with E-state index in [0.717, 1.165) is 25.2 Å². The van der Waals surface area contributed by atoms with E-state index in [1.807, 2.05) is 40.7 Å². The highest BCUT2D eigenvalue weighted by Crippen LogP contribution is 2.71. The first-order valence-electron chi connectivity index (χ1n) is 43.0. The summed E-state index contributed by atoms with van der Waals surface area (Å²) in [6, 6.07) is -14.8. The Hall–Kier alpha value is -9.40. The molecule has 4 fully saturated rings. The number of aliphatic hydroxyl groups is 2. The summed E-state index contributed by atoms with van der Waals surface area (Å²) in [5, 5.41) is 48.1. The summed E-state index contributed by atoms with van der Waals surface area (Å²) in [4.78, 5) is 242. The van der Waals surface area contributed by atoms with Crippen LogP contribution in [0.5, 0.6) is 0 Å². The zero-order valence-electron chi connectivity index (χ0n) is 76.7. The van der Waals surface area contributed by atoms with Crippen LogP contribution < -0.4 is 21.3 Å². The van der Waals surface area contributed by atoms with Crippen LogP contribution in [0, 0.1) is 69.5 Å². The van der Waals surface area contributed by atoms with Gasteiger partial charge in [-0.2, -0.15) is 0 Å². The van der Waals surface area contributed by atoms with Crippen LogP contribution in [-0.4, -0.2) is 285 Å². The standard InChI is InChI=1S/C89H141N11O22/c1-27-29-37-87(18,89(119)39-35-59-58-31-30-56-45-57(102)34-38-86(56,17)70(58)65(103)46-88(59,89)19)74(122-85(118)121-69(36-40-101)120-68(107)33-32-67(105)106)73-78(111)92-60(28-2)80(113)94(20)47-66(104)95(21)61(41-48(3)4)77(110)93-71(52(11)12)83(116)96(22)62(42-49(5)6)76(109)90-54(15)75(108)91-55(16)79(112)97(23)63(43-50(7)8)81(114)98(24)64(44-51(9)10)82(115)99(25)72(53(13)14)84(117)100(73)26/h27,29,32-34,38,40,45,48-55,58-65,69-74,103,119H,28,30-31,35-37,39,41-44,46-47H2,1-26H3,(H,90,109)(H,91,108)(H,92,111)(H,93,110)(H,105,106)/b29-27+,33-32+/t54?,55?,58?,59?,60?,61-,62?,63?,64?,65-,69?,70?,71?,72?,73?,74?,86-,87+,88-,89-/m0/s1. The fourth-order valence-corrected chi connectivity index (χ4v) is 19.3. The Morgan fingerprint density at radius 1 is 0.607 bits per heavy atom. The molecule has 4 aliphatic carbocycles. The van der Waals surface area contributed by atoms with Gasteiger partial charge >= 0.3 is 18.1 Å². The number of carbonyl (C=O) groups excluding carboxylic acids is 15. The average molecular weight is 1720 g/mol. The van der Waals surface area contributed by atoms with Crippen molar-refractivity contribution in [1.82, 2.24) is 55.6 Å². The number of nitrogens with one attached hydrogen (secondary N) is 4. The maximum absolute atomic E-state index is 16.8. The number of carboxylic acid groups (broad SMARTS) is 1. The Bertz CT molecular complexity index is 3970. The number of aliphatic hydroxyl groups excluding tert-OH is 1. The van der Waals surface area contributed by atoms with Gasteiger partial charge in [-0.05, 0) is 151 Å². The molecule has 0 aromatic carbocycles. The van der Waals surface area contributed by atoms with E-state index in [9.17, 15) is 63.3 Å². The van der Waals surface area contributed by atoms with E-state index in [-0.39, 0.29) is 99.4 Å². The molecule has 3 saturated carbocycles. The molecular formula is C89H141N11O22. The molecule has 33 heteroatoms. The number of ketones is 1. The molecule has 14 unspecified atom stereocenters. The highest BCUT2D eigenvalue weighted by atomic mass is 16.8. The van der Waals surface area contributed by atoms with Crippen LogP contribution in [0.1, 0.15) is 209 Å². The molecule has 0 aromatic rings. The third kappa shape index (κ3) is 23.5. The largest absolute Gasteiger partial charge is 0.511 e. The zero-order valence-corrected chi connectivity index (χ0v) is 76.7. The van der Waals surface area contributed by atoms with E-state index in [2.05, 4.69) is 21.3 Å². The van der Waals surface area contributed by atoms with Crippen LogP contribution in [0.25, 0.3) is 0 Å². The molecule has 5 aliphatic rings. The lowest BCUT2D eigenvalue weighted by molar-refractivity contribution is -0.237. The first-order valence-corrected chi connectivity index (χ1v) is 43.0. The zero-order chi connectivity index (χ0) is 92.8. The van der Waals surface area contributed by atoms with Crippen molar-refractivity contribution in [1.29, 1.82) is 0 Å². The minimum Gasteiger partial charge on any atom is -0.478 e. The number of allylic oxidation sites excluding steroid dienone is 6. The maximum atomic E-state index is 16.8. The molecule has 0 spiro atoms. The summed E-state index contributed by atoms with van der Waals surface area (Å²) in [6.07, 6.45) is 1.41. The van der Waals surface area contributed by atoms with Gasteiger partial charge in [0.25, 0.3) is 6.29 Å². The summed E-state index contributed by atoms with van der Waals surface area (Å²) >= 11 is 0. The van der Waals surface area contributed by atoms with Crippen LogP contribution in [-0.2, 0) is 86.1 Å². The Morgan fingerprint density at radius 3 is 1.65 bits per heavy atom. The Morgan fingerprint density at radius 2 is 1.12 bits per heavy atom. The van der Waals surface area contributed by atoms with Gasteiger partial charge in [-0.3, -0.25) is 57.5 Å². The lowest BCUT2D eigenvalue weighted by atomic mass is 9.44. The second-order valence-electron chi connectivity index (χ2n) is 37.5. The van der Waals surface area contributed by atoms with Gasteiger partial charge in [-0.15, -0.1) is 0 Å². The highest BCUT2D eigenvalue weighted by Gasteiger charge is 2.73. The molecule has 122 heavy (non-hydrogen) atoms. The number of ether oxygens (including phenoxy) is 3. The van der Waals surface area contributed by atoms with Crippen molar-refractivity contribution in [3.63, 3.8) is 0 Å². The molecule has 684 valence electrons. The average Bonchev–Trinajstić information content (AvgIpc) is 1.52. The number of hydrogen-bond acceptors (Lipinski definition) is 21. The molecule has 33 nitrogen and oxygen atoms in total. The van der Waals surface area contributed by atoms with Crippen LogP contribution >= 0.6 is 0 Å². The van der Waals surface area contributed by atoms with E-state index in [0.29, 0.717) is 25.0 Å². The summed E-state index contributed by atoms with van der Waals surface area (Å²) in [5.41, 5.74) is -5.74. The SMILES string of the molecule is C/C=C/C[C@](C)(C(OC(=O)OC(CC=O)OC(=O)/C=C/C(=O)O)C1C(=O)NC(CC)C(=O)N(C)CC(=O)N(C)[C@@H](CC(C)C)C(=O)NC(C(C)C)C(=O)N(C)C(CC(C)C)C(=O)NC(C)C(=O)NC(C)C(=O)N(C)C(CC(C)C)C(=O)N(C)C(CC(C)C)C(=O)N(C)C(C(C)C)C(=O)N1C)[C@@]1(O)CCC2C3CCC4=CC(=O)C=C[C@]4(C)C3[C@@H](O)C[C@@]21C. The van der Waals surface area contributed by atoms with E-state index in [1.54, 1.807) is 87.5 Å². The number of hydrogen-bond donors (Lipinski definition) is 7. The Kier molecular flexibility index (Phi) is 36.6. The lowest BCUT2D eigenvalue weighted by Gasteiger charge is -2.63. The second kappa shape index (κ2) is 43.3. The third-order valence-corrected chi connectivity index (χ3v) is 26.1. The van der Waals surface area contributed by atoms with Gasteiger partial charge in [0.1, 0.15) is 72.8 Å². The number of carbonyl (C=O) groups is 16. The smallest absolute Gasteiger partial charge is 0.478 e. The van der Waals surface area contributed by atoms with Crippen LogP contribution in [0.2, 0.25) is 0 Å². The van der Waals surface area contributed by atoms with Gasteiger partial charge in [0.05, 0.1) is 24.7 Å². The maximum Gasteiger partial charge on any atom is 0.511 e. The first-order chi connectivity index (χ1) is 56.6. The quantitative estimate of drug-likeness (QED) is 0.0205. The van der Waals surface area contributed by atoms with Crippen molar-refractivity contribution in [2.24, 2.45) is 69.5 Å². The Balaban J connectivity index is 1.89. The molecular weight excluding hydrogens is 1580 g/mol. The summed E-state index contributed by atoms with van der Waals surface area (Å²) in [6.45, 7) is 31.6. The fraction of sp³-hybridized carbons (Fsp3) is 0.730. The predicted octanol–water partition coefficient (Wildman–Crippen LogP) is 5.91. The minimum atomic E-state index is -2.30. The number of aldehydes is 1. The number of likely N-dealkylation sites (N-methyl/N-ethyl adjacent to an activating group) is 7. The van der Waals surface area contributed by atoms with Gasteiger partial charge in [-0.1, -0.05) is 135 Å². The van der Waals surface area contributed by atoms with Crippen LogP contribution in [0.4, 0.5) is 4.79 Å². The van der Waals surface area contributed by atoms with Crippen LogP contribution in [0.3, 0.4) is 0 Å². The van der Waals surface area contributed by atoms with Crippen molar-refractivity contribution < 1.29 is 106 Å². The van der Waals surface area contributed by atoms with E-state index in [4.69, 9.17) is 14.2 Å². The fourth-order valence-electron chi connectivity index (χ4n) is 19.3. The molecule has 7 N–H and O–H groups in total. The van der Waals surface area contributed by atoms with Gasteiger partial charge in [-0.25, -0.2) is 14.4 Å². The van der Waals surface area contributed by atoms with Gasteiger partial charge < -0.3 is 89.9 Å². The summed E-state index contributed by atoms with van der Waals surface area (Å²) in [7, 11) is 9.25. The molecule has 20 atom stereocenters. The van der Waals surface area contributed by atoms with Crippen molar-refractivity contribution in [2.45, 2.75) is 293 Å².